The topological polar surface area (TPSA) is 121 Å². The number of carbonyl (C=O) groups excluding carboxylic acids is 2. The first-order chi connectivity index (χ1) is 18.1. The number of aromatic nitrogens is 2. The number of carboxylic acids is 1. The zero-order chi connectivity index (χ0) is 27.6. The van der Waals surface area contributed by atoms with E-state index in [0.29, 0.717) is 28.9 Å². The van der Waals surface area contributed by atoms with E-state index < -0.39 is 29.3 Å². The minimum Gasteiger partial charge on any atom is -0.480 e. The molecule has 0 spiro atoms. The van der Waals surface area contributed by atoms with E-state index >= 15 is 0 Å². The molecule has 0 radical (unpaired) electrons. The molecule has 0 saturated carbocycles. The summed E-state index contributed by atoms with van der Waals surface area (Å²) >= 11 is 12.2. The number of allylic oxidation sites excluding steroid dienone is 2. The highest BCUT2D eigenvalue weighted by molar-refractivity contribution is 6.40. The lowest BCUT2D eigenvalue weighted by atomic mass is 9.66. The van der Waals surface area contributed by atoms with Crippen molar-refractivity contribution in [2.45, 2.75) is 39.2 Å². The highest BCUT2D eigenvalue weighted by Crippen LogP contribution is 2.46. The fraction of sp³-hybridized carbons (Fsp3) is 0.250. The molecule has 1 amide bonds. The van der Waals surface area contributed by atoms with Crippen molar-refractivity contribution in [1.29, 1.82) is 0 Å². The van der Waals surface area contributed by atoms with Crippen molar-refractivity contribution in [3.05, 3.63) is 93.6 Å². The molecule has 8 nitrogen and oxygen atoms in total. The smallest absolute Gasteiger partial charge is 0.326 e. The van der Waals surface area contributed by atoms with Crippen LogP contribution in [0.1, 0.15) is 54.6 Å². The average molecular weight is 553 g/mol. The zero-order valence-corrected chi connectivity index (χ0v) is 22.5. The number of rotatable bonds is 9. The zero-order valence-electron chi connectivity index (χ0n) is 21.0. The second-order valence-electron chi connectivity index (χ2n) is 9.48. The Morgan fingerprint density at radius 3 is 2.24 bits per heavy atom. The Kier molecular flexibility index (Phi) is 7.85. The van der Waals surface area contributed by atoms with Crippen molar-refractivity contribution in [2.75, 3.05) is 5.32 Å². The summed E-state index contributed by atoms with van der Waals surface area (Å²) in [4.78, 5) is 46.0. The summed E-state index contributed by atoms with van der Waals surface area (Å²) in [5.74, 6) is -2.02. The SMILES string of the molecule is CCC(c1ccc(NC(=O)c2c(Cl)cncc2Cl)cc1)[C@H](NC1=C(c2cccnc2)C(=O)C1(C)C)C(=O)O. The lowest BCUT2D eigenvalue weighted by Gasteiger charge is -2.41. The van der Waals surface area contributed by atoms with E-state index in [2.05, 4.69) is 20.6 Å². The monoisotopic (exact) mass is 552 g/mol. The molecule has 38 heavy (non-hydrogen) atoms. The van der Waals surface area contributed by atoms with Crippen LogP contribution >= 0.6 is 23.2 Å². The van der Waals surface area contributed by atoms with Crippen LogP contribution in [-0.2, 0) is 9.59 Å². The normalized spacial score (nSPS) is 15.9. The molecule has 2 atom stereocenters. The van der Waals surface area contributed by atoms with Crippen molar-refractivity contribution in [3.63, 3.8) is 0 Å². The standard InChI is InChI=1S/C28H26Cl2N4O4/c1-4-18(15-7-9-17(10-8-15)33-26(36)22-19(29)13-32-14-20(22)30)23(27(37)38)34-24-21(25(35)28(24,2)3)16-6-5-11-31-12-16/h5-14,18,23,34H,4H2,1-3H3,(H,33,36)(H,37,38)/t18?,23-/m0/s1. The number of ketones is 1. The predicted molar refractivity (Wildman–Crippen MR) is 146 cm³/mol. The van der Waals surface area contributed by atoms with Gasteiger partial charge in [0.05, 0.1) is 21.0 Å². The molecule has 0 saturated heterocycles. The second kappa shape index (κ2) is 10.9. The number of anilines is 1. The van der Waals surface area contributed by atoms with E-state index in [1.165, 1.54) is 12.4 Å². The maximum absolute atomic E-state index is 12.9. The lowest BCUT2D eigenvalue weighted by Crippen LogP contribution is -2.51. The number of carboxylic acid groups (broad SMARTS) is 1. The van der Waals surface area contributed by atoms with Gasteiger partial charge in [-0.3, -0.25) is 19.6 Å². The van der Waals surface area contributed by atoms with E-state index in [1.807, 2.05) is 6.92 Å². The first-order valence-electron chi connectivity index (χ1n) is 12.0. The van der Waals surface area contributed by atoms with Gasteiger partial charge in [-0.05, 0) is 44.0 Å². The second-order valence-corrected chi connectivity index (χ2v) is 10.3. The first-order valence-corrected chi connectivity index (χ1v) is 12.7. The number of amides is 1. The van der Waals surface area contributed by atoms with Gasteiger partial charge in [0.15, 0.2) is 5.78 Å². The van der Waals surface area contributed by atoms with Gasteiger partial charge in [0.2, 0.25) is 0 Å². The van der Waals surface area contributed by atoms with Gasteiger partial charge in [-0.25, -0.2) is 4.79 Å². The number of hydrogen-bond donors (Lipinski definition) is 3. The van der Waals surface area contributed by atoms with E-state index in [-0.39, 0.29) is 21.4 Å². The maximum Gasteiger partial charge on any atom is 0.326 e. The molecular weight excluding hydrogens is 527 g/mol. The number of nitrogens with zero attached hydrogens (tertiary/aromatic N) is 2. The summed E-state index contributed by atoms with van der Waals surface area (Å²) < 4.78 is 0. The van der Waals surface area contributed by atoms with Gasteiger partial charge >= 0.3 is 5.97 Å². The van der Waals surface area contributed by atoms with Crippen LogP contribution in [0.2, 0.25) is 10.0 Å². The van der Waals surface area contributed by atoms with Crippen molar-refractivity contribution in [3.8, 4) is 0 Å². The lowest BCUT2D eigenvalue weighted by molar-refractivity contribution is -0.140. The quantitative estimate of drug-likeness (QED) is 0.316. The molecule has 4 rings (SSSR count). The number of aliphatic carboxylic acids is 1. The predicted octanol–water partition coefficient (Wildman–Crippen LogP) is 5.59. The summed E-state index contributed by atoms with van der Waals surface area (Å²) in [7, 11) is 0. The number of nitrogens with one attached hydrogen (secondary N) is 2. The molecule has 1 aliphatic rings. The highest BCUT2D eigenvalue weighted by Gasteiger charge is 2.48. The fourth-order valence-electron chi connectivity index (χ4n) is 4.62. The minimum atomic E-state index is -1.04. The molecule has 1 aliphatic carbocycles. The molecule has 196 valence electrons. The van der Waals surface area contributed by atoms with Crippen molar-refractivity contribution in [1.82, 2.24) is 15.3 Å². The minimum absolute atomic E-state index is 0.0697. The number of carbonyl (C=O) groups is 3. The van der Waals surface area contributed by atoms with Crippen LogP contribution in [-0.4, -0.2) is 38.8 Å². The van der Waals surface area contributed by atoms with Gasteiger partial charge in [-0.2, -0.15) is 0 Å². The molecule has 2 heterocycles. The van der Waals surface area contributed by atoms with E-state index in [0.717, 1.165) is 5.56 Å². The van der Waals surface area contributed by atoms with Gasteiger partial charge in [0.1, 0.15) is 6.04 Å². The highest BCUT2D eigenvalue weighted by atomic mass is 35.5. The molecule has 0 aliphatic heterocycles. The van der Waals surface area contributed by atoms with Crippen molar-refractivity contribution >= 4 is 52.1 Å². The molecule has 3 N–H and O–H groups in total. The number of Topliss-reactive ketones (excluding diaryl/α,β-unsaturated/α-hetero) is 1. The van der Waals surface area contributed by atoms with Crippen LogP contribution in [0.25, 0.3) is 5.57 Å². The third kappa shape index (κ3) is 5.14. The summed E-state index contributed by atoms with van der Waals surface area (Å²) in [6.07, 6.45) is 6.40. The van der Waals surface area contributed by atoms with E-state index in [1.54, 1.807) is 62.6 Å². The molecule has 1 unspecified atom stereocenters. The summed E-state index contributed by atoms with van der Waals surface area (Å²) in [6.45, 7) is 5.45. The number of pyridine rings is 2. The molecule has 1 aromatic carbocycles. The Morgan fingerprint density at radius 1 is 1.03 bits per heavy atom. The van der Waals surface area contributed by atoms with Crippen LogP contribution < -0.4 is 10.6 Å². The van der Waals surface area contributed by atoms with Gasteiger partial charge in [-0.1, -0.05) is 48.3 Å². The van der Waals surface area contributed by atoms with Crippen LogP contribution in [0.15, 0.2) is 66.9 Å². The van der Waals surface area contributed by atoms with E-state index in [4.69, 9.17) is 23.2 Å². The number of halogens is 2. The van der Waals surface area contributed by atoms with Crippen LogP contribution in [0.5, 0.6) is 0 Å². The fourth-order valence-corrected chi connectivity index (χ4v) is 5.15. The van der Waals surface area contributed by atoms with Crippen LogP contribution in [0, 0.1) is 5.41 Å². The summed E-state index contributed by atoms with van der Waals surface area (Å²) in [6, 6.07) is 9.44. The van der Waals surface area contributed by atoms with Crippen molar-refractivity contribution in [2.24, 2.45) is 5.41 Å². The van der Waals surface area contributed by atoms with Gasteiger partial charge in [-0.15, -0.1) is 0 Å². The third-order valence-electron chi connectivity index (χ3n) is 6.71. The Labute approximate surface area is 230 Å². The van der Waals surface area contributed by atoms with Gasteiger partial charge in [0.25, 0.3) is 5.91 Å². The van der Waals surface area contributed by atoms with E-state index in [9.17, 15) is 19.5 Å². The molecule has 0 bridgehead atoms. The summed E-state index contributed by atoms with van der Waals surface area (Å²) in [5, 5.41) is 16.4. The van der Waals surface area contributed by atoms with Crippen LogP contribution in [0.4, 0.5) is 5.69 Å². The first kappa shape index (κ1) is 27.3. The third-order valence-corrected chi connectivity index (χ3v) is 7.28. The average Bonchev–Trinajstić information content (AvgIpc) is 2.89. The van der Waals surface area contributed by atoms with Gasteiger partial charge in [0, 0.05) is 53.2 Å². The Morgan fingerprint density at radius 2 is 1.68 bits per heavy atom. The Balaban J connectivity index is 1.59. The number of hydrogen-bond acceptors (Lipinski definition) is 6. The molecule has 0 fully saturated rings. The molecule has 3 aromatic rings. The molecule has 2 aromatic heterocycles. The Hall–Kier alpha value is -3.75. The molecule has 10 heteroatoms. The van der Waals surface area contributed by atoms with Crippen LogP contribution in [0.3, 0.4) is 0 Å². The summed E-state index contributed by atoms with van der Waals surface area (Å²) in [5.41, 5.74) is 2.20. The molecular formula is C28H26Cl2N4O4. The number of benzene rings is 1. The van der Waals surface area contributed by atoms with Crippen molar-refractivity contribution < 1.29 is 19.5 Å². The Bertz CT molecular complexity index is 1400. The van der Waals surface area contributed by atoms with Gasteiger partial charge < -0.3 is 15.7 Å². The maximum atomic E-state index is 12.9. The largest absolute Gasteiger partial charge is 0.480 e.